The molecule has 0 radical (unpaired) electrons. The lowest BCUT2D eigenvalue weighted by molar-refractivity contribution is 0.145. The average molecular weight is 242 g/mol. The van der Waals surface area contributed by atoms with Gasteiger partial charge in [-0.05, 0) is 6.07 Å². The zero-order valence-electron chi connectivity index (χ0n) is 7.23. The van der Waals surface area contributed by atoms with E-state index in [2.05, 4.69) is 4.98 Å². The Kier molecular flexibility index (Phi) is 3.89. The highest BCUT2D eigenvalue weighted by Gasteiger charge is 2.16. The van der Waals surface area contributed by atoms with Gasteiger partial charge in [0, 0.05) is 0 Å². The number of ether oxygens (including phenoxy) is 1. The number of nitrogens with zero attached hydrogens (tertiary/aromatic N) is 1. The summed E-state index contributed by atoms with van der Waals surface area (Å²) < 4.78 is 29.5. The van der Waals surface area contributed by atoms with Crippen LogP contribution in [0.1, 0.15) is 17.8 Å². The predicted octanol–water partition coefficient (Wildman–Crippen LogP) is 3.42. The highest BCUT2D eigenvalue weighted by atomic mass is 35.5. The number of methoxy groups -OCH3 is 1. The van der Waals surface area contributed by atoms with Gasteiger partial charge in [0.25, 0.3) is 6.43 Å². The summed E-state index contributed by atoms with van der Waals surface area (Å²) in [4.78, 5) is 3.63. The smallest absolute Gasteiger partial charge is 0.280 e. The predicted molar refractivity (Wildman–Crippen MR) is 50.3 cm³/mol. The fourth-order valence-corrected chi connectivity index (χ4v) is 1.47. The zero-order chi connectivity index (χ0) is 10.7. The van der Waals surface area contributed by atoms with E-state index in [0.29, 0.717) is 0 Å². The van der Waals surface area contributed by atoms with Crippen molar-refractivity contribution in [2.75, 3.05) is 7.11 Å². The summed E-state index contributed by atoms with van der Waals surface area (Å²) in [7, 11) is 1.38. The van der Waals surface area contributed by atoms with Crippen molar-refractivity contribution in [3.8, 4) is 5.75 Å². The lowest BCUT2D eigenvalue weighted by atomic mass is 10.3. The number of rotatable bonds is 3. The first-order valence-corrected chi connectivity index (χ1v) is 4.58. The number of aromatic nitrogens is 1. The number of halogens is 4. The van der Waals surface area contributed by atoms with E-state index in [4.69, 9.17) is 27.9 Å². The molecule has 0 spiro atoms. The first-order valence-electron chi connectivity index (χ1n) is 3.67. The molecule has 0 amide bonds. The lowest BCUT2D eigenvalue weighted by Gasteiger charge is -2.09. The van der Waals surface area contributed by atoms with E-state index in [1.807, 2.05) is 0 Å². The summed E-state index contributed by atoms with van der Waals surface area (Å²) in [6, 6.07) is 1.07. The van der Waals surface area contributed by atoms with Crippen LogP contribution < -0.4 is 4.74 Å². The molecule has 1 rings (SSSR count). The van der Waals surface area contributed by atoms with Gasteiger partial charge in [-0.1, -0.05) is 11.6 Å². The molecule has 6 heteroatoms. The number of hydrogen-bond acceptors (Lipinski definition) is 2. The number of hydrogen-bond donors (Lipinski definition) is 0. The van der Waals surface area contributed by atoms with Crippen molar-refractivity contribution < 1.29 is 13.5 Å². The van der Waals surface area contributed by atoms with Crippen molar-refractivity contribution >= 4 is 23.2 Å². The molecular formula is C8H7Cl2F2NO. The van der Waals surface area contributed by atoms with Crippen molar-refractivity contribution in [1.82, 2.24) is 4.98 Å². The molecule has 0 saturated carbocycles. The second-order valence-electron chi connectivity index (χ2n) is 2.44. The molecular weight excluding hydrogens is 235 g/mol. The molecule has 0 atom stereocenters. The van der Waals surface area contributed by atoms with Crippen LogP contribution in [0.3, 0.4) is 0 Å². The standard InChI is InChI=1S/C8H7Cl2F2NO/c1-14-7-4(10)2-5(8(11)12)13-6(7)3-9/h2,8H,3H2,1H3. The molecule has 0 aliphatic heterocycles. The molecule has 0 unspecified atom stereocenters. The Morgan fingerprint density at radius 3 is 2.64 bits per heavy atom. The molecule has 1 aromatic rings. The lowest BCUT2D eigenvalue weighted by Crippen LogP contribution is -1.99. The van der Waals surface area contributed by atoms with Gasteiger partial charge in [0.15, 0.2) is 5.75 Å². The molecule has 0 fully saturated rings. The molecule has 14 heavy (non-hydrogen) atoms. The van der Waals surface area contributed by atoms with E-state index in [0.717, 1.165) is 6.07 Å². The summed E-state index contributed by atoms with van der Waals surface area (Å²) >= 11 is 11.2. The first-order chi connectivity index (χ1) is 6.60. The minimum atomic E-state index is -2.67. The van der Waals surface area contributed by atoms with Crippen LogP contribution in [0.25, 0.3) is 0 Å². The van der Waals surface area contributed by atoms with Gasteiger partial charge in [-0.3, -0.25) is 0 Å². The van der Waals surface area contributed by atoms with Crippen molar-refractivity contribution in [3.05, 3.63) is 22.5 Å². The van der Waals surface area contributed by atoms with Crippen LogP contribution >= 0.6 is 23.2 Å². The highest BCUT2D eigenvalue weighted by Crippen LogP contribution is 2.31. The van der Waals surface area contributed by atoms with Crippen molar-refractivity contribution in [2.24, 2.45) is 0 Å². The monoisotopic (exact) mass is 241 g/mol. The molecule has 0 aliphatic rings. The SMILES string of the molecule is COc1c(Cl)cc(C(F)F)nc1CCl. The van der Waals surface area contributed by atoms with E-state index >= 15 is 0 Å². The summed E-state index contributed by atoms with van der Waals surface area (Å²) in [5.41, 5.74) is -0.177. The van der Waals surface area contributed by atoms with Gasteiger partial charge in [0.2, 0.25) is 0 Å². The maximum atomic E-state index is 12.3. The Morgan fingerprint density at radius 1 is 1.57 bits per heavy atom. The number of alkyl halides is 3. The van der Waals surface area contributed by atoms with Gasteiger partial charge < -0.3 is 4.74 Å². The van der Waals surface area contributed by atoms with Crippen molar-refractivity contribution in [3.63, 3.8) is 0 Å². The van der Waals surface area contributed by atoms with E-state index in [1.165, 1.54) is 7.11 Å². The van der Waals surface area contributed by atoms with Crippen LogP contribution in [0.4, 0.5) is 8.78 Å². The minimum Gasteiger partial charge on any atom is -0.493 e. The van der Waals surface area contributed by atoms with Gasteiger partial charge >= 0.3 is 0 Å². The number of pyridine rings is 1. The third-order valence-corrected chi connectivity index (χ3v) is 2.11. The second-order valence-corrected chi connectivity index (χ2v) is 3.12. The Labute approximate surface area is 89.8 Å². The zero-order valence-corrected chi connectivity index (χ0v) is 8.74. The third-order valence-electron chi connectivity index (χ3n) is 1.57. The van der Waals surface area contributed by atoms with Gasteiger partial charge in [0.1, 0.15) is 5.69 Å². The first kappa shape index (κ1) is 11.5. The van der Waals surface area contributed by atoms with Gasteiger partial charge in [0.05, 0.1) is 23.7 Å². The van der Waals surface area contributed by atoms with E-state index in [9.17, 15) is 8.78 Å². The van der Waals surface area contributed by atoms with Crippen LogP contribution in [0.5, 0.6) is 5.75 Å². The highest BCUT2D eigenvalue weighted by molar-refractivity contribution is 6.32. The summed E-state index contributed by atoms with van der Waals surface area (Å²) in [6.07, 6.45) is -2.67. The molecule has 0 saturated heterocycles. The maximum absolute atomic E-state index is 12.3. The van der Waals surface area contributed by atoms with Crippen LogP contribution in [-0.2, 0) is 5.88 Å². The molecule has 1 aromatic heterocycles. The maximum Gasteiger partial charge on any atom is 0.280 e. The minimum absolute atomic E-state index is 0.0244. The average Bonchev–Trinajstić information content (AvgIpc) is 2.16. The quantitative estimate of drug-likeness (QED) is 0.757. The third kappa shape index (κ3) is 2.25. The van der Waals surface area contributed by atoms with Gasteiger partial charge in [-0.25, -0.2) is 13.8 Å². The van der Waals surface area contributed by atoms with Crippen LogP contribution in [-0.4, -0.2) is 12.1 Å². The Hall–Kier alpha value is -0.610. The Morgan fingerprint density at radius 2 is 2.21 bits per heavy atom. The van der Waals surface area contributed by atoms with E-state index in [-0.39, 0.29) is 22.3 Å². The van der Waals surface area contributed by atoms with Crippen LogP contribution in [0.15, 0.2) is 6.07 Å². The Bertz CT molecular complexity index is 333. The van der Waals surface area contributed by atoms with E-state index < -0.39 is 12.1 Å². The van der Waals surface area contributed by atoms with Crippen molar-refractivity contribution in [1.29, 1.82) is 0 Å². The summed E-state index contributed by atoms with van der Waals surface area (Å²) in [5, 5.41) is 0.0912. The van der Waals surface area contributed by atoms with Gasteiger partial charge in [-0.2, -0.15) is 0 Å². The van der Waals surface area contributed by atoms with Crippen LogP contribution in [0, 0.1) is 0 Å². The van der Waals surface area contributed by atoms with Crippen LogP contribution in [0.2, 0.25) is 5.02 Å². The fraction of sp³-hybridized carbons (Fsp3) is 0.375. The van der Waals surface area contributed by atoms with E-state index in [1.54, 1.807) is 0 Å². The largest absolute Gasteiger partial charge is 0.493 e. The molecule has 78 valence electrons. The molecule has 0 aliphatic carbocycles. The Balaban J connectivity index is 3.24. The summed E-state index contributed by atoms with van der Waals surface area (Å²) in [5.74, 6) is 0.217. The second kappa shape index (κ2) is 4.75. The molecule has 0 bridgehead atoms. The molecule has 2 nitrogen and oxygen atoms in total. The van der Waals surface area contributed by atoms with Crippen molar-refractivity contribution in [2.45, 2.75) is 12.3 Å². The molecule has 0 aromatic carbocycles. The topological polar surface area (TPSA) is 22.1 Å². The fourth-order valence-electron chi connectivity index (χ4n) is 0.990. The summed E-state index contributed by atoms with van der Waals surface area (Å²) in [6.45, 7) is 0. The normalized spacial score (nSPS) is 10.7. The molecule has 0 N–H and O–H groups in total. The van der Waals surface area contributed by atoms with Gasteiger partial charge in [-0.15, -0.1) is 11.6 Å². The molecule has 1 heterocycles.